The molecule has 0 amide bonds. The lowest BCUT2D eigenvalue weighted by atomic mass is 10.1. The Morgan fingerprint density at radius 3 is 2.86 bits per heavy atom. The molecule has 0 fully saturated rings. The number of nitrogens with two attached hydrogens (primary N) is 1. The molecule has 0 aromatic heterocycles. The average molecular weight is 195 g/mol. The van der Waals surface area contributed by atoms with Crippen molar-refractivity contribution in [3.05, 3.63) is 30.8 Å². The predicted octanol–water partition coefficient (Wildman–Crippen LogP) is 0.309. The number of aliphatic carboxylic acids is 1. The Kier molecular flexibility index (Phi) is 3.48. The Morgan fingerprint density at radius 1 is 1.64 bits per heavy atom. The van der Waals surface area contributed by atoms with Gasteiger partial charge in [0, 0.05) is 6.07 Å². The highest BCUT2D eigenvalue weighted by Gasteiger charge is 2.06. The van der Waals surface area contributed by atoms with Crippen LogP contribution in [0.4, 0.5) is 5.69 Å². The zero-order valence-electron chi connectivity index (χ0n) is 7.99. The lowest BCUT2D eigenvalue weighted by Gasteiger charge is -2.08. The van der Waals surface area contributed by atoms with Crippen LogP contribution in [0.1, 0.15) is 5.56 Å². The van der Waals surface area contributed by atoms with Crippen molar-refractivity contribution in [2.24, 2.45) is 0 Å². The standard InChI is InChI=1S/C10H13NO3/c1-11-8-5-7(6-10(12)13)3-4-9(8)14-2/h3-5H,1,6,11H2,2H3,(H,12,13). The zero-order valence-corrected chi connectivity index (χ0v) is 7.99. The summed E-state index contributed by atoms with van der Waals surface area (Å²) in [5.74, 6) is -0.140. The Bertz CT molecular complexity index is 336. The van der Waals surface area contributed by atoms with E-state index in [1.165, 1.54) is 0 Å². The first-order chi connectivity index (χ1) is 6.67. The molecule has 0 aliphatic heterocycles. The number of hydrogen-bond donors (Lipinski definition) is 2. The van der Waals surface area contributed by atoms with Gasteiger partial charge in [-0.2, -0.15) is 0 Å². The van der Waals surface area contributed by atoms with Gasteiger partial charge in [0.15, 0.2) is 5.75 Å². The first-order valence-corrected chi connectivity index (χ1v) is 4.18. The van der Waals surface area contributed by atoms with Gasteiger partial charge in [0.1, 0.15) is 5.69 Å². The number of carbonyl (C=O) groups is 1. The molecule has 0 bridgehead atoms. The number of methoxy groups -OCH3 is 1. The van der Waals surface area contributed by atoms with E-state index in [2.05, 4.69) is 7.05 Å². The highest BCUT2D eigenvalue weighted by Crippen LogP contribution is 2.21. The minimum atomic E-state index is -0.842. The van der Waals surface area contributed by atoms with Crippen LogP contribution in [-0.4, -0.2) is 18.2 Å². The van der Waals surface area contributed by atoms with Crippen molar-refractivity contribution in [1.29, 1.82) is 0 Å². The van der Waals surface area contributed by atoms with Crippen LogP contribution < -0.4 is 10.1 Å². The summed E-state index contributed by atoms with van der Waals surface area (Å²) in [5, 5.41) is 10.2. The molecule has 4 nitrogen and oxygen atoms in total. The molecule has 0 aliphatic rings. The average Bonchev–Trinajstić information content (AvgIpc) is 2.16. The van der Waals surface area contributed by atoms with Gasteiger partial charge in [0.2, 0.25) is 0 Å². The monoisotopic (exact) mass is 195 g/mol. The van der Waals surface area contributed by atoms with Gasteiger partial charge in [-0.15, -0.1) is 7.05 Å². The van der Waals surface area contributed by atoms with E-state index in [9.17, 15) is 4.79 Å². The second-order valence-corrected chi connectivity index (χ2v) is 2.85. The van der Waals surface area contributed by atoms with E-state index in [0.29, 0.717) is 5.75 Å². The van der Waals surface area contributed by atoms with Gasteiger partial charge in [0.25, 0.3) is 0 Å². The minimum Gasteiger partial charge on any atom is -0.491 e. The highest BCUT2D eigenvalue weighted by atomic mass is 16.5. The van der Waals surface area contributed by atoms with E-state index in [0.717, 1.165) is 11.3 Å². The van der Waals surface area contributed by atoms with Crippen molar-refractivity contribution in [3.8, 4) is 5.75 Å². The number of hydrogen-bond acceptors (Lipinski definition) is 2. The quantitative estimate of drug-likeness (QED) is 0.537. The maximum Gasteiger partial charge on any atom is 0.307 e. The summed E-state index contributed by atoms with van der Waals surface area (Å²) in [6.07, 6.45) is 0.0187. The molecule has 0 heterocycles. The van der Waals surface area contributed by atoms with Crippen LogP contribution in [0.2, 0.25) is 0 Å². The zero-order chi connectivity index (χ0) is 10.6. The van der Waals surface area contributed by atoms with Gasteiger partial charge in [-0.3, -0.25) is 4.79 Å². The van der Waals surface area contributed by atoms with Crippen LogP contribution in [0.3, 0.4) is 0 Å². The SMILES string of the molecule is [CH2-][NH2+]c1cc(CC(=O)O)ccc1OC. The Hall–Kier alpha value is -1.55. The molecular weight excluding hydrogens is 182 g/mol. The minimum absolute atomic E-state index is 0.0187. The number of carboxylic acids is 1. The van der Waals surface area contributed by atoms with Crippen LogP contribution in [0.15, 0.2) is 18.2 Å². The molecule has 0 spiro atoms. The molecule has 3 N–H and O–H groups in total. The fourth-order valence-electron chi connectivity index (χ4n) is 1.23. The molecule has 14 heavy (non-hydrogen) atoms. The van der Waals surface area contributed by atoms with Gasteiger partial charge in [0.05, 0.1) is 13.5 Å². The summed E-state index contributed by atoms with van der Waals surface area (Å²) in [5.41, 5.74) is 1.56. The summed E-state index contributed by atoms with van der Waals surface area (Å²) in [4.78, 5) is 10.5. The molecule has 1 rings (SSSR count). The lowest BCUT2D eigenvalue weighted by Crippen LogP contribution is -2.69. The van der Waals surface area contributed by atoms with Crippen LogP contribution in [0.5, 0.6) is 5.75 Å². The van der Waals surface area contributed by atoms with Crippen molar-refractivity contribution in [3.63, 3.8) is 0 Å². The molecule has 1 aromatic rings. The maximum absolute atomic E-state index is 10.5. The van der Waals surface area contributed by atoms with Crippen LogP contribution in [0, 0.1) is 7.05 Å². The summed E-state index contributed by atoms with van der Waals surface area (Å²) < 4.78 is 5.08. The van der Waals surface area contributed by atoms with Crippen molar-refractivity contribution < 1.29 is 20.0 Å². The number of carboxylic acid groups (broad SMARTS) is 1. The first-order valence-electron chi connectivity index (χ1n) is 4.18. The van der Waals surface area contributed by atoms with E-state index in [1.54, 1.807) is 30.6 Å². The lowest BCUT2D eigenvalue weighted by molar-refractivity contribution is -0.505. The van der Waals surface area contributed by atoms with Crippen molar-refractivity contribution in [2.75, 3.05) is 7.11 Å². The van der Waals surface area contributed by atoms with E-state index in [-0.39, 0.29) is 6.42 Å². The summed E-state index contributed by atoms with van der Waals surface area (Å²) >= 11 is 0. The van der Waals surface area contributed by atoms with E-state index < -0.39 is 5.97 Å². The predicted molar refractivity (Wildman–Crippen MR) is 51.3 cm³/mol. The molecule has 4 heteroatoms. The maximum atomic E-state index is 10.5. The van der Waals surface area contributed by atoms with Crippen LogP contribution in [-0.2, 0) is 11.2 Å². The van der Waals surface area contributed by atoms with Crippen molar-refractivity contribution in [2.45, 2.75) is 6.42 Å². The van der Waals surface area contributed by atoms with Crippen molar-refractivity contribution >= 4 is 11.7 Å². The third-order valence-electron chi connectivity index (χ3n) is 1.87. The summed E-state index contributed by atoms with van der Waals surface area (Å²) in [7, 11) is 5.20. The summed E-state index contributed by atoms with van der Waals surface area (Å²) in [6, 6.07) is 5.25. The Morgan fingerprint density at radius 2 is 2.36 bits per heavy atom. The second kappa shape index (κ2) is 4.62. The number of ether oxygens (including phenoxy) is 1. The molecule has 0 atom stereocenters. The van der Waals surface area contributed by atoms with Gasteiger partial charge < -0.3 is 15.2 Å². The first kappa shape index (κ1) is 10.5. The third kappa shape index (κ3) is 2.47. The highest BCUT2D eigenvalue weighted by molar-refractivity contribution is 5.70. The van der Waals surface area contributed by atoms with Crippen LogP contribution >= 0.6 is 0 Å². The molecule has 0 unspecified atom stereocenters. The number of quaternary nitrogens is 1. The molecule has 0 radical (unpaired) electrons. The van der Waals surface area contributed by atoms with Crippen molar-refractivity contribution in [1.82, 2.24) is 0 Å². The Balaban J connectivity index is 2.95. The molecule has 0 saturated carbocycles. The number of rotatable bonds is 4. The van der Waals surface area contributed by atoms with Gasteiger partial charge in [-0.05, 0) is 11.6 Å². The van der Waals surface area contributed by atoms with Crippen LogP contribution in [0.25, 0.3) is 0 Å². The Labute approximate surface area is 82.5 Å². The number of benzene rings is 1. The topological polar surface area (TPSA) is 63.1 Å². The largest absolute Gasteiger partial charge is 0.491 e. The van der Waals surface area contributed by atoms with E-state index >= 15 is 0 Å². The van der Waals surface area contributed by atoms with Gasteiger partial charge in [-0.1, -0.05) is 6.07 Å². The smallest absolute Gasteiger partial charge is 0.307 e. The molecule has 1 aromatic carbocycles. The van der Waals surface area contributed by atoms with E-state index in [4.69, 9.17) is 9.84 Å². The normalized spacial score (nSPS) is 9.86. The third-order valence-corrected chi connectivity index (χ3v) is 1.87. The molecular formula is C10H13NO3. The summed E-state index contributed by atoms with van der Waals surface area (Å²) in [6.45, 7) is 0. The van der Waals surface area contributed by atoms with E-state index in [1.807, 2.05) is 0 Å². The van der Waals surface area contributed by atoms with Gasteiger partial charge in [-0.25, -0.2) is 0 Å². The fourth-order valence-corrected chi connectivity index (χ4v) is 1.23. The molecule has 76 valence electrons. The molecule has 0 saturated heterocycles. The second-order valence-electron chi connectivity index (χ2n) is 2.85. The molecule has 0 aliphatic carbocycles. The van der Waals surface area contributed by atoms with Gasteiger partial charge >= 0.3 is 5.97 Å². The fraction of sp³-hybridized carbons (Fsp3) is 0.200.